The molecule has 0 aliphatic heterocycles. The van der Waals surface area contributed by atoms with Gasteiger partial charge in [0.25, 0.3) is 5.91 Å². The highest BCUT2D eigenvalue weighted by molar-refractivity contribution is 7.13. The first kappa shape index (κ1) is 17.1. The summed E-state index contributed by atoms with van der Waals surface area (Å²) < 4.78 is 18.0. The zero-order valence-corrected chi connectivity index (χ0v) is 13.9. The van der Waals surface area contributed by atoms with E-state index in [0.29, 0.717) is 10.6 Å². The van der Waals surface area contributed by atoms with Crippen molar-refractivity contribution in [3.05, 3.63) is 51.2 Å². The number of esters is 1. The van der Waals surface area contributed by atoms with Gasteiger partial charge in [-0.2, -0.15) is 0 Å². The van der Waals surface area contributed by atoms with Crippen LogP contribution in [-0.2, 0) is 16.1 Å². The molecule has 1 heterocycles. The van der Waals surface area contributed by atoms with Crippen LogP contribution in [0.1, 0.15) is 32.9 Å². The van der Waals surface area contributed by atoms with Gasteiger partial charge in [-0.15, -0.1) is 11.3 Å². The Labute approximate surface area is 137 Å². The lowest BCUT2D eigenvalue weighted by Crippen LogP contribution is -2.35. The second-order valence-electron chi connectivity index (χ2n) is 5.04. The Kier molecular flexibility index (Phi) is 5.44. The first-order valence-corrected chi connectivity index (χ1v) is 7.85. The molecule has 0 aliphatic rings. The van der Waals surface area contributed by atoms with Crippen LogP contribution in [0, 0.1) is 19.7 Å². The molecule has 0 aliphatic carbocycles. The van der Waals surface area contributed by atoms with Crippen molar-refractivity contribution in [3.63, 3.8) is 0 Å². The summed E-state index contributed by atoms with van der Waals surface area (Å²) in [5, 5.41) is 3.41. The topological polar surface area (TPSA) is 68.3 Å². The minimum absolute atomic E-state index is 0.236. The number of amides is 1. The summed E-state index contributed by atoms with van der Waals surface area (Å²) in [6, 6.07) is 5.80. The molecule has 0 saturated heterocycles. The number of benzene rings is 1. The molecule has 122 valence electrons. The molecule has 0 radical (unpaired) electrons. The number of carbonyl (C=O) groups excluding carboxylic acids is 2. The van der Waals surface area contributed by atoms with Crippen LogP contribution in [0.2, 0.25) is 0 Å². The highest BCUT2D eigenvalue weighted by atomic mass is 32.1. The van der Waals surface area contributed by atoms with E-state index in [0.717, 1.165) is 10.6 Å². The van der Waals surface area contributed by atoms with Gasteiger partial charge in [-0.25, -0.2) is 14.2 Å². The normalized spacial score (nSPS) is 11.8. The molecular weight excluding hydrogens is 319 g/mol. The molecule has 0 fully saturated rings. The fraction of sp³-hybridized carbons (Fsp3) is 0.312. The number of hydrogen-bond acceptors (Lipinski definition) is 5. The predicted octanol–water partition coefficient (Wildman–Crippen LogP) is 2.76. The molecule has 1 N–H and O–H groups in total. The molecule has 1 amide bonds. The van der Waals surface area contributed by atoms with Gasteiger partial charge >= 0.3 is 5.97 Å². The van der Waals surface area contributed by atoms with Gasteiger partial charge in [0.2, 0.25) is 0 Å². The van der Waals surface area contributed by atoms with E-state index in [-0.39, 0.29) is 12.4 Å². The summed E-state index contributed by atoms with van der Waals surface area (Å²) in [5.41, 5.74) is 1.35. The van der Waals surface area contributed by atoms with Crippen molar-refractivity contribution in [1.29, 1.82) is 0 Å². The molecule has 1 aromatic carbocycles. The van der Waals surface area contributed by atoms with E-state index in [2.05, 4.69) is 10.3 Å². The molecule has 0 saturated carbocycles. The predicted molar refractivity (Wildman–Crippen MR) is 84.7 cm³/mol. The van der Waals surface area contributed by atoms with Gasteiger partial charge in [-0.05, 0) is 38.5 Å². The van der Waals surface area contributed by atoms with Crippen LogP contribution in [0.15, 0.2) is 24.3 Å². The lowest BCUT2D eigenvalue weighted by Gasteiger charge is -2.13. The number of ether oxygens (including phenoxy) is 1. The fourth-order valence-electron chi connectivity index (χ4n) is 1.92. The number of halogens is 1. The summed E-state index contributed by atoms with van der Waals surface area (Å²) >= 11 is 1.23. The van der Waals surface area contributed by atoms with Gasteiger partial charge in [0.05, 0.1) is 10.7 Å². The summed E-state index contributed by atoms with van der Waals surface area (Å²) in [5.74, 6) is -1.31. The summed E-state index contributed by atoms with van der Waals surface area (Å²) in [6.07, 6.45) is -0.926. The lowest BCUT2D eigenvalue weighted by molar-refractivity contribution is -0.129. The highest BCUT2D eigenvalue weighted by Gasteiger charge is 2.21. The van der Waals surface area contributed by atoms with Crippen LogP contribution < -0.4 is 5.32 Å². The van der Waals surface area contributed by atoms with Crippen LogP contribution in [0.5, 0.6) is 0 Å². The zero-order valence-electron chi connectivity index (χ0n) is 13.1. The van der Waals surface area contributed by atoms with Crippen LogP contribution >= 0.6 is 11.3 Å². The summed E-state index contributed by atoms with van der Waals surface area (Å²) in [6.45, 7) is 5.26. The van der Waals surface area contributed by atoms with Crippen LogP contribution in [-0.4, -0.2) is 23.0 Å². The third-order valence-corrected chi connectivity index (χ3v) is 4.17. The Morgan fingerprint density at radius 1 is 1.30 bits per heavy atom. The fourth-order valence-corrected chi connectivity index (χ4v) is 2.73. The Hall–Kier alpha value is -2.28. The van der Waals surface area contributed by atoms with Crippen molar-refractivity contribution in [2.75, 3.05) is 0 Å². The number of aryl methyl sites for hydroxylation is 2. The first-order valence-electron chi connectivity index (χ1n) is 7.04. The quantitative estimate of drug-likeness (QED) is 0.853. The smallest absolute Gasteiger partial charge is 0.351 e. The van der Waals surface area contributed by atoms with Crippen molar-refractivity contribution in [2.45, 2.75) is 33.4 Å². The average Bonchev–Trinajstić information content (AvgIpc) is 2.85. The first-order chi connectivity index (χ1) is 10.9. The SMILES string of the molecule is Cc1nc(C)c(C(=O)O[C@@H](C)C(=O)NCc2ccc(F)cc2)s1. The maximum absolute atomic E-state index is 12.8. The third kappa shape index (κ3) is 4.59. The van der Waals surface area contributed by atoms with E-state index in [4.69, 9.17) is 4.74 Å². The molecule has 1 atom stereocenters. The van der Waals surface area contributed by atoms with E-state index >= 15 is 0 Å². The molecule has 0 bridgehead atoms. The van der Waals surface area contributed by atoms with E-state index in [9.17, 15) is 14.0 Å². The van der Waals surface area contributed by atoms with Crippen molar-refractivity contribution in [2.24, 2.45) is 0 Å². The molecule has 23 heavy (non-hydrogen) atoms. The Balaban J connectivity index is 1.88. The molecule has 0 unspecified atom stereocenters. The van der Waals surface area contributed by atoms with Crippen molar-refractivity contribution in [3.8, 4) is 0 Å². The molecule has 2 aromatic rings. The average molecular weight is 336 g/mol. The minimum atomic E-state index is -0.926. The standard InChI is InChI=1S/C16H17FN2O3S/c1-9-14(23-11(3)19-9)16(21)22-10(2)15(20)18-8-12-4-6-13(17)7-5-12/h4-7,10H,8H2,1-3H3,(H,18,20)/t10-/m0/s1. The van der Waals surface area contributed by atoms with Crippen molar-refractivity contribution in [1.82, 2.24) is 10.3 Å². The Morgan fingerprint density at radius 2 is 1.96 bits per heavy atom. The summed E-state index contributed by atoms with van der Waals surface area (Å²) in [7, 11) is 0. The van der Waals surface area contributed by atoms with Crippen LogP contribution in [0.25, 0.3) is 0 Å². The number of nitrogens with zero attached hydrogens (tertiary/aromatic N) is 1. The Bertz CT molecular complexity index is 713. The van der Waals surface area contributed by atoms with Crippen molar-refractivity contribution >= 4 is 23.2 Å². The number of hydrogen-bond donors (Lipinski definition) is 1. The molecule has 5 nitrogen and oxygen atoms in total. The van der Waals surface area contributed by atoms with Gasteiger partial charge in [-0.1, -0.05) is 12.1 Å². The van der Waals surface area contributed by atoms with E-state index in [1.807, 2.05) is 0 Å². The maximum atomic E-state index is 12.8. The molecule has 0 spiro atoms. The molecular formula is C16H17FN2O3S. The molecule has 7 heteroatoms. The molecule has 1 aromatic heterocycles. The lowest BCUT2D eigenvalue weighted by atomic mass is 10.2. The maximum Gasteiger partial charge on any atom is 0.351 e. The number of rotatable bonds is 5. The second kappa shape index (κ2) is 7.32. The van der Waals surface area contributed by atoms with Gasteiger partial charge in [0.15, 0.2) is 6.10 Å². The van der Waals surface area contributed by atoms with Crippen LogP contribution in [0.3, 0.4) is 0 Å². The third-order valence-electron chi connectivity index (χ3n) is 3.12. The van der Waals surface area contributed by atoms with E-state index in [1.54, 1.807) is 26.0 Å². The van der Waals surface area contributed by atoms with E-state index in [1.165, 1.54) is 30.4 Å². The zero-order chi connectivity index (χ0) is 17.0. The van der Waals surface area contributed by atoms with Gasteiger partial charge in [0.1, 0.15) is 10.7 Å². The van der Waals surface area contributed by atoms with Gasteiger partial charge in [-0.3, -0.25) is 4.79 Å². The second-order valence-corrected chi connectivity index (χ2v) is 6.24. The minimum Gasteiger partial charge on any atom is -0.448 e. The summed E-state index contributed by atoms with van der Waals surface area (Å²) in [4.78, 5) is 28.6. The number of carbonyl (C=O) groups is 2. The van der Waals surface area contributed by atoms with Crippen molar-refractivity contribution < 1.29 is 18.7 Å². The number of aromatic nitrogens is 1. The largest absolute Gasteiger partial charge is 0.448 e. The monoisotopic (exact) mass is 336 g/mol. The number of thiazole rings is 1. The molecule has 2 rings (SSSR count). The van der Waals surface area contributed by atoms with Crippen LogP contribution in [0.4, 0.5) is 4.39 Å². The van der Waals surface area contributed by atoms with Gasteiger partial charge in [0, 0.05) is 6.54 Å². The number of nitrogens with one attached hydrogen (secondary N) is 1. The van der Waals surface area contributed by atoms with Gasteiger partial charge < -0.3 is 10.1 Å². The Morgan fingerprint density at radius 3 is 2.52 bits per heavy atom. The highest BCUT2D eigenvalue weighted by Crippen LogP contribution is 2.18. The van der Waals surface area contributed by atoms with E-state index < -0.39 is 18.0 Å².